The van der Waals surface area contributed by atoms with Crippen molar-refractivity contribution in [3.8, 4) is 0 Å². The standard InChI is InChI=1S/C13H20ClNOS/c14-9-11-10-17-13(15-11)7-4-8-16-12-5-2-1-3-6-12/h10,12H,1-9H2. The number of alkyl halides is 1. The fourth-order valence-corrected chi connectivity index (χ4v) is 3.30. The van der Waals surface area contributed by atoms with Crippen LogP contribution in [-0.4, -0.2) is 17.7 Å². The molecule has 4 heteroatoms. The van der Waals surface area contributed by atoms with Gasteiger partial charge in [-0.1, -0.05) is 19.3 Å². The minimum atomic E-state index is 0.523. The first kappa shape index (κ1) is 13.3. The topological polar surface area (TPSA) is 22.1 Å². The van der Waals surface area contributed by atoms with Crippen LogP contribution in [0.2, 0.25) is 0 Å². The smallest absolute Gasteiger partial charge is 0.0929 e. The highest BCUT2D eigenvalue weighted by Crippen LogP contribution is 2.20. The summed E-state index contributed by atoms with van der Waals surface area (Å²) in [6.45, 7) is 0.875. The van der Waals surface area contributed by atoms with Crippen LogP contribution < -0.4 is 0 Å². The molecule has 1 aliphatic rings. The van der Waals surface area contributed by atoms with E-state index in [4.69, 9.17) is 16.3 Å². The van der Waals surface area contributed by atoms with Gasteiger partial charge in [-0.15, -0.1) is 22.9 Å². The zero-order valence-electron chi connectivity index (χ0n) is 10.2. The molecule has 1 aromatic heterocycles. The molecule has 17 heavy (non-hydrogen) atoms. The molecule has 0 amide bonds. The molecule has 1 heterocycles. The van der Waals surface area contributed by atoms with Crippen molar-refractivity contribution in [2.24, 2.45) is 0 Å². The van der Waals surface area contributed by atoms with E-state index in [0.717, 1.165) is 25.1 Å². The summed E-state index contributed by atoms with van der Waals surface area (Å²) in [5.74, 6) is 0.523. The minimum absolute atomic E-state index is 0.523. The predicted octanol–water partition coefficient (Wildman–Crippen LogP) is 4.16. The summed E-state index contributed by atoms with van der Waals surface area (Å²) in [4.78, 5) is 4.44. The zero-order valence-corrected chi connectivity index (χ0v) is 11.7. The van der Waals surface area contributed by atoms with E-state index >= 15 is 0 Å². The average molecular weight is 274 g/mol. The van der Waals surface area contributed by atoms with Gasteiger partial charge in [0.25, 0.3) is 0 Å². The van der Waals surface area contributed by atoms with Gasteiger partial charge in [0.05, 0.1) is 22.7 Å². The van der Waals surface area contributed by atoms with Crippen LogP contribution in [0.15, 0.2) is 5.38 Å². The molecule has 1 fully saturated rings. The number of nitrogens with zero attached hydrogens (tertiary/aromatic N) is 1. The first-order valence-corrected chi connectivity index (χ1v) is 7.91. The SMILES string of the molecule is ClCc1csc(CCCOC2CCCCC2)n1. The van der Waals surface area contributed by atoms with E-state index in [-0.39, 0.29) is 0 Å². The average Bonchev–Trinajstić information content (AvgIpc) is 2.84. The third-order valence-electron chi connectivity index (χ3n) is 3.18. The highest BCUT2D eigenvalue weighted by Gasteiger charge is 2.13. The van der Waals surface area contributed by atoms with Crippen molar-refractivity contribution in [1.29, 1.82) is 0 Å². The van der Waals surface area contributed by atoms with Crippen LogP contribution in [0.4, 0.5) is 0 Å². The molecule has 0 atom stereocenters. The Bertz CT molecular complexity index is 323. The molecule has 0 aromatic carbocycles. The lowest BCUT2D eigenvalue weighted by Crippen LogP contribution is -2.17. The minimum Gasteiger partial charge on any atom is -0.378 e. The molecule has 2 rings (SSSR count). The van der Waals surface area contributed by atoms with E-state index in [0.29, 0.717) is 12.0 Å². The lowest BCUT2D eigenvalue weighted by Gasteiger charge is -2.21. The Morgan fingerprint density at radius 2 is 2.18 bits per heavy atom. The van der Waals surface area contributed by atoms with Gasteiger partial charge in [-0.2, -0.15) is 0 Å². The second-order valence-corrected chi connectivity index (χ2v) is 5.81. The molecular formula is C13H20ClNOS. The first-order valence-electron chi connectivity index (χ1n) is 6.49. The number of aryl methyl sites for hydroxylation is 1. The summed E-state index contributed by atoms with van der Waals surface area (Å²) < 4.78 is 5.89. The van der Waals surface area contributed by atoms with Crippen molar-refractivity contribution >= 4 is 22.9 Å². The summed E-state index contributed by atoms with van der Waals surface area (Å²) in [6.07, 6.45) is 9.21. The molecule has 0 bridgehead atoms. The van der Waals surface area contributed by atoms with Gasteiger partial charge >= 0.3 is 0 Å². The van der Waals surface area contributed by atoms with Crippen LogP contribution in [0.1, 0.15) is 49.2 Å². The molecule has 1 aromatic rings. The Hall–Kier alpha value is -0.120. The lowest BCUT2D eigenvalue weighted by atomic mass is 9.98. The van der Waals surface area contributed by atoms with Gasteiger partial charge < -0.3 is 4.74 Å². The van der Waals surface area contributed by atoms with E-state index in [1.807, 2.05) is 5.38 Å². The largest absolute Gasteiger partial charge is 0.378 e. The first-order chi connectivity index (χ1) is 8.38. The molecule has 0 radical (unpaired) electrons. The molecule has 0 aliphatic heterocycles. The Balaban J connectivity index is 1.59. The number of thiazole rings is 1. The van der Waals surface area contributed by atoms with Gasteiger partial charge in [-0.3, -0.25) is 0 Å². The van der Waals surface area contributed by atoms with Crippen LogP contribution in [-0.2, 0) is 17.0 Å². The number of aromatic nitrogens is 1. The number of ether oxygens (including phenoxy) is 1. The van der Waals surface area contributed by atoms with Crippen LogP contribution in [0, 0.1) is 0 Å². The van der Waals surface area contributed by atoms with Crippen molar-refractivity contribution in [1.82, 2.24) is 4.98 Å². The summed E-state index contributed by atoms with van der Waals surface area (Å²) in [5, 5.41) is 3.23. The maximum Gasteiger partial charge on any atom is 0.0929 e. The third kappa shape index (κ3) is 4.57. The maximum atomic E-state index is 5.89. The Morgan fingerprint density at radius 1 is 1.35 bits per heavy atom. The number of rotatable bonds is 6. The molecule has 96 valence electrons. The molecule has 0 saturated heterocycles. The van der Waals surface area contributed by atoms with Crippen LogP contribution in [0.3, 0.4) is 0 Å². The second kappa shape index (κ2) is 7.34. The summed E-state index contributed by atoms with van der Waals surface area (Å²) in [7, 11) is 0. The fraction of sp³-hybridized carbons (Fsp3) is 0.769. The molecule has 0 spiro atoms. The van der Waals surface area contributed by atoms with Crippen LogP contribution in [0.25, 0.3) is 0 Å². The summed E-state index contributed by atoms with van der Waals surface area (Å²) in [6, 6.07) is 0. The van der Waals surface area contributed by atoms with Gasteiger partial charge in [-0.25, -0.2) is 4.98 Å². The highest BCUT2D eigenvalue weighted by atomic mass is 35.5. The van der Waals surface area contributed by atoms with Crippen molar-refractivity contribution in [3.63, 3.8) is 0 Å². The Morgan fingerprint density at radius 3 is 2.88 bits per heavy atom. The Kier molecular flexibility index (Phi) is 5.75. The normalized spacial score (nSPS) is 17.5. The fourth-order valence-electron chi connectivity index (χ4n) is 2.23. The summed E-state index contributed by atoms with van der Waals surface area (Å²) in [5.41, 5.74) is 1.000. The van der Waals surface area contributed by atoms with Crippen molar-refractivity contribution < 1.29 is 4.74 Å². The third-order valence-corrected chi connectivity index (χ3v) is 4.41. The van der Waals surface area contributed by atoms with Gasteiger partial charge in [-0.05, 0) is 19.3 Å². The van der Waals surface area contributed by atoms with Gasteiger partial charge in [0.1, 0.15) is 0 Å². The number of halogens is 1. The van der Waals surface area contributed by atoms with E-state index in [1.54, 1.807) is 11.3 Å². The number of hydrogen-bond acceptors (Lipinski definition) is 3. The molecule has 2 nitrogen and oxygen atoms in total. The van der Waals surface area contributed by atoms with Crippen molar-refractivity contribution in [2.75, 3.05) is 6.61 Å². The molecule has 0 N–H and O–H groups in total. The van der Waals surface area contributed by atoms with Crippen molar-refractivity contribution in [3.05, 3.63) is 16.1 Å². The van der Waals surface area contributed by atoms with Gasteiger partial charge in [0.15, 0.2) is 0 Å². The summed E-state index contributed by atoms with van der Waals surface area (Å²) >= 11 is 7.43. The quantitative estimate of drug-likeness (QED) is 0.573. The molecule has 1 aliphatic carbocycles. The maximum absolute atomic E-state index is 5.89. The lowest BCUT2D eigenvalue weighted by molar-refractivity contribution is 0.0273. The van der Waals surface area contributed by atoms with E-state index in [9.17, 15) is 0 Å². The van der Waals surface area contributed by atoms with E-state index in [2.05, 4.69) is 4.98 Å². The molecular weight excluding hydrogens is 254 g/mol. The van der Waals surface area contributed by atoms with Crippen LogP contribution >= 0.6 is 22.9 Å². The highest BCUT2D eigenvalue weighted by molar-refractivity contribution is 7.09. The predicted molar refractivity (Wildman–Crippen MR) is 72.8 cm³/mol. The van der Waals surface area contributed by atoms with Gasteiger partial charge in [0.2, 0.25) is 0 Å². The molecule has 1 saturated carbocycles. The van der Waals surface area contributed by atoms with Crippen LogP contribution in [0.5, 0.6) is 0 Å². The Labute approximate surface area is 112 Å². The number of hydrogen-bond donors (Lipinski definition) is 0. The van der Waals surface area contributed by atoms with E-state index < -0.39 is 0 Å². The van der Waals surface area contributed by atoms with Gasteiger partial charge in [0, 0.05) is 18.4 Å². The molecule has 0 unspecified atom stereocenters. The van der Waals surface area contributed by atoms with Crippen molar-refractivity contribution in [2.45, 2.75) is 56.9 Å². The second-order valence-electron chi connectivity index (χ2n) is 4.60. The van der Waals surface area contributed by atoms with E-state index in [1.165, 1.54) is 37.1 Å². The monoisotopic (exact) mass is 273 g/mol. The zero-order chi connectivity index (χ0) is 11.9.